The average Bonchev–Trinajstić information content (AvgIpc) is 2.73. The van der Waals surface area contributed by atoms with E-state index in [1.165, 1.54) is 7.11 Å². The summed E-state index contributed by atoms with van der Waals surface area (Å²) in [6, 6.07) is 15.4. The predicted octanol–water partition coefficient (Wildman–Crippen LogP) is 3.58. The van der Waals surface area contributed by atoms with Crippen molar-refractivity contribution in [3.8, 4) is 5.75 Å². The number of esters is 1. The molecule has 29 heavy (non-hydrogen) atoms. The Morgan fingerprint density at radius 1 is 0.966 bits per heavy atom. The van der Waals surface area contributed by atoms with Gasteiger partial charge >= 0.3 is 5.97 Å². The number of carbonyl (C=O) groups excluding carboxylic acids is 2. The van der Waals surface area contributed by atoms with E-state index in [4.69, 9.17) is 9.47 Å². The number of ether oxygens (including phenoxy) is 2. The molecule has 0 aliphatic heterocycles. The van der Waals surface area contributed by atoms with Crippen LogP contribution in [-0.2, 0) is 4.74 Å². The number of carbonyl (C=O) groups is 2. The maximum Gasteiger partial charge on any atom is 0.339 e. The summed E-state index contributed by atoms with van der Waals surface area (Å²) in [4.78, 5) is 33.2. The van der Waals surface area contributed by atoms with E-state index in [-0.39, 0.29) is 17.2 Å². The molecule has 2 aromatic carbocycles. The second kappa shape index (κ2) is 8.83. The molecule has 0 atom stereocenters. The molecule has 0 spiro atoms. The van der Waals surface area contributed by atoms with E-state index in [0.29, 0.717) is 11.4 Å². The van der Waals surface area contributed by atoms with Crippen LogP contribution in [0.15, 0.2) is 54.6 Å². The number of methoxy groups -OCH3 is 2. The zero-order valence-corrected chi connectivity index (χ0v) is 16.2. The van der Waals surface area contributed by atoms with Crippen LogP contribution in [0.5, 0.6) is 5.75 Å². The number of rotatable bonds is 6. The van der Waals surface area contributed by atoms with Gasteiger partial charge in [0.15, 0.2) is 0 Å². The molecule has 0 saturated carbocycles. The Bertz CT molecular complexity index is 1040. The zero-order chi connectivity index (χ0) is 20.8. The number of anilines is 3. The molecule has 8 heteroatoms. The van der Waals surface area contributed by atoms with Crippen molar-refractivity contribution in [1.29, 1.82) is 0 Å². The third-order valence-electron chi connectivity index (χ3n) is 4.01. The van der Waals surface area contributed by atoms with Gasteiger partial charge in [-0.25, -0.2) is 14.8 Å². The summed E-state index contributed by atoms with van der Waals surface area (Å²) in [7, 11) is 2.88. The lowest BCUT2D eigenvalue weighted by Gasteiger charge is -2.11. The molecule has 0 aliphatic carbocycles. The molecule has 0 aliphatic rings. The lowest BCUT2D eigenvalue weighted by atomic mass is 10.1. The highest BCUT2D eigenvalue weighted by Gasteiger charge is 2.16. The monoisotopic (exact) mass is 392 g/mol. The third-order valence-corrected chi connectivity index (χ3v) is 4.01. The van der Waals surface area contributed by atoms with Gasteiger partial charge in [0.05, 0.1) is 25.5 Å². The third kappa shape index (κ3) is 4.86. The molecule has 0 saturated heterocycles. The van der Waals surface area contributed by atoms with Gasteiger partial charge in [0.25, 0.3) is 5.91 Å². The van der Waals surface area contributed by atoms with Crippen LogP contribution in [0, 0.1) is 6.92 Å². The van der Waals surface area contributed by atoms with Gasteiger partial charge < -0.3 is 20.1 Å². The predicted molar refractivity (Wildman–Crippen MR) is 109 cm³/mol. The van der Waals surface area contributed by atoms with E-state index >= 15 is 0 Å². The second-order valence-corrected chi connectivity index (χ2v) is 6.06. The van der Waals surface area contributed by atoms with E-state index in [1.54, 1.807) is 56.5 Å². The maximum absolute atomic E-state index is 12.7. The van der Waals surface area contributed by atoms with Gasteiger partial charge in [0.1, 0.15) is 11.4 Å². The molecular weight excluding hydrogens is 372 g/mol. The van der Waals surface area contributed by atoms with Gasteiger partial charge in [-0.05, 0) is 49.4 Å². The SMILES string of the molecule is COC(=O)c1ccccc1NC(=O)c1cc(C)nc(Nc2ccc(OC)cc2)n1. The average molecular weight is 392 g/mol. The molecular formula is C21H20N4O4. The molecule has 1 aromatic heterocycles. The van der Waals surface area contributed by atoms with E-state index in [2.05, 4.69) is 20.6 Å². The summed E-state index contributed by atoms with van der Waals surface area (Å²) in [6.45, 7) is 1.76. The molecule has 3 aromatic rings. The number of para-hydroxylation sites is 1. The van der Waals surface area contributed by atoms with Crippen molar-refractivity contribution in [2.45, 2.75) is 6.92 Å². The van der Waals surface area contributed by atoms with Crippen molar-refractivity contribution in [1.82, 2.24) is 9.97 Å². The van der Waals surface area contributed by atoms with Crippen molar-refractivity contribution in [3.63, 3.8) is 0 Å². The van der Waals surface area contributed by atoms with Gasteiger partial charge in [-0.1, -0.05) is 12.1 Å². The fourth-order valence-corrected chi connectivity index (χ4v) is 2.61. The summed E-state index contributed by atoms with van der Waals surface area (Å²) in [5.41, 5.74) is 2.12. The van der Waals surface area contributed by atoms with Crippen LogP contribution in [0.3, 0.4) is 0 Å². The van der Waals surface area contributed by atoms with Gasteiger partial charge in [-0.2, -0.15) is 0 Å². The minimum Gasteiger partial charge on any atom is -0.497 e. The number of amides is 1. The Balaban J connectivity index is 1.82. The van der Waals surface area contributed by atoms with Gasteiger partial charge in [0.2, 0.25) is 5.95 Å². The molecule has 148 valence electrons. The van der Waals surface area contributed by atoms with Crippen LogP contribution in [-0.4, -0.2) is 36.1 Å². The smallest absolute Gasteiger partial charge is 0.339 e. The Kier molecular flexibility index (Phi) is 6.03. The first kappa shape index (κ1) is 19.8. The number of hydrogen-bond acceptors (Lipinski definition) is 7. The number of nitrogens with one attached hydrogen (secondary N) is 2. The largest absolute Gasteiger partial charge is 0.497 e. The Labute approximate surface area is 167 Å². The second-order valence-electron chi connectivity index (χ2n) is 6.06. The normalized spacial score (nSPS) is 10.2. The summed E-state index contributed by atoms with van der Waals surface area (Å²) >= 11 is 0. The standard InChI is InChI=1S/C21H20N4O4/c1-13-12-18(19(26)24-17-7-5-4-6-16(17)20(27)29-3)25-21(22-13)23-14-8-10-15(28-2)11-9-14/h4-12H,1-3H3,(H,24,26)(H,22,23,25). The van der Waals surface area contributed by atoms with Crippen molar-refractivity contribution in [3.05, 3.63) is 71.5 Å². The fourth-order valence-electron chi connectivity index (χ4n) is 2.61. The van der Waals surface area contributed by atoms with E-state index < -0.39 is 11.9 Å². The molecule has 0 fully saturated rings. The van der Waals surface area contributed by atoms with Crippen LogP contribution >= 0.6 is 0 Å². The number of nitrogens with zero attached hydrogens (tertiary/aromatic N) is 2. The highest BCUT2D eigenvalue weighted by atomic mass is 16.5. The molecule has 0 bridgehead atoms. The first-order valence-corrected chi connectivity index (χ1v) is 8.75. The summed E-state index contributed by atoms with van der Waals surface area (Å²) in [5, 5.41) is 5.76. The highest BCUT2D eigenvalue weighted by molar-refractivity contribution is 6.07. The van der Waals surface area contributed by atoms with E-state index in [9.17, 15) is 9.59 Å². The van der Waals surface area contributed by atoms with Gasteiger partial charge in [-0.3, -0.25) is 4.79 Å². The minimum atomic E-state index is -0.540. The van der Waals surface area contributed by atoms with Gasteiger partial charge in [-0.15, -0.1) is 0 Å². The quantitative estimate of drug-likeness (QED) is 0.618. The lowest BCUT2D eigenvalue weighted by molar-refractivity contribution is 0.0602. The van der Waals surface area contributed by atoms with Crippen LogP contribution in [0.25, 0.3) is 0 Å². The van der Waals surface area contributed by atoms with Crippen LogP contribution < -0.4 is 15.4 Å². The van der Waals surface area contributed by atoms with E-state index in [0.717, 1.165) is 11.4 Å². The van der Waals surface area contributed by atoms with Crippen molar-refractivity contribution < 1.29 is 19.1 Å². The van der Waals surface area contributed by atoms with Crippen LogP contribution in [0.1, 0.15) is 26.5 Å². The lowest BCUT2D eigenvalue weighted by Crippen LogP contribution is -2.17. The molecule has 2 N–H and O–H groups in total. The number of benzene rings is 2. The number of aromatic nitrogens is 2. The van der Waals surface area contributed by atoms with Crippen molar-refractivity contribution >= 4 is 29.2 Å². The highest BCUT2D eigenvalue weighted by Crippen LogP contribution is 2.20. The van der Waals surface area contributed by atoms with Crippen LogP contribution in [0.4, 0.5) is 17.3 Å². The molecule has 1 amide bonds. The van der Waals surface area contributed by atoms with Crippen molar-refractivity contribution in [2.24, 2.45) is 0 Å². The summed E-state index contributed by atoms with van der Waals surface area (Å²) in [5.74, 6) is -0.00196. The number of hydrogen-bond donors (Lipinski definition) is 2. The molecule has 1 heterocycles. The Morgan fingerprint density at radius 3 is 2.38 bits per heavy atom. The zero-order valence-electron chi connectivity index (χ0n) is 16.2. The molecule has 0 radical (unpaired) electrons. The number of aryl methyl sites for hydroxylation is 1. The molecule has 0 unspecified atom stereocenters. The van der Waals surface area contributed by atoms with E-state index in [1.807, 2.05) is 12.1 Å². The topological polar surface area (TPSA) is 102 Å². The fraction of sp³-hybridized carbons (Fsp3) is 0.143. The summed E-state index contributed by atoms with van der Waals surface area (Å²) in [6.07, 6.45) is 0. The molecule has 3 rings (SSSR count). The van der Waals surface area contributed by atoms with Gasteiger partial charge in [0, 0.05) is 11.4 Å². The molecule has 8 nitrogen and oxygen atoms in total. The Hall–Kier alpha value is -3.94. The van der Waals surface area contributed by atoms with Crippen molar-refractivity contribution in [2.75, 3.05) is 24.9 Å². The Morgan fingerprint density at radius 2 is 1.69 bits per heavy atom. The maximum atomic E-state index is 12.7. The first-order chi connectivity index (χ1) is 14.0. The van der Waals surface area contributed by atoms with Crippen LogP contribution in [0.2, 0.25) is 0 Å². The minimum absolute atomic E-state index is 0.160. The summed E-state index contributed by atoms with van der Waals surface area (Å²) < 4.78 is 9.89. The first-order valence-electron chi connectivity index (χ1n) is 8.75.